The Labute approximate surface area is 104 Å². The minimum atomic E-state index is -0.352. The van der Waals surface area contributed by atoms with Gasteiger partial charge in [-0.2, -0.15) is 0 Å². The molecule has 0 amide bonds. The van der Waals surface area contributed by atoms with E-state index in [1.54, 1.807) is 0 Å². The zero-order chi connectivity index (χ0) is 11.9. The SMILES string of the molecule is c1ccc2c(c1)OB(c1ccc3cc[nH]c3c1)O2. The normalized spacial score (nSPS) is 13.2. The Balaban J connectivity index is 1.73. The first-order valence-corrected chi connectivity index (χ1v) is 5.89. The average molecular weight is 235 g/mol. The summed E-state index contributed by atoms with van der Waals surface area (Å²) < 4.78 is 11.6. The van der Waals surface area contributed by atoms with Crippen LogP contribution < -0.4 is 14.8 Å². The van der Waals surface area contributed by atoms with Crippen molar-refractivity contribution < 1.29 is 9.31 Å². The number of benzene rings is 2. The Bertz CT molecular complexity index is 697. The molecule has 0 spiro atoms. The van der Waals surface area contributed by atoms with Crippen LogP contribution in [0.4, 0.5) is 0 Å². The molecule has 4 heteroatoms. The highest BCUT2D eigenvalue weighted by molar-refractivity contribution is 6.63. The molecule has 0 fully saturated rings. The maximum atomic E-state index is 5.78. The van der Waals surface area contributed by atoms with Crippen LogP contribution in [0.25, 0.3) is 10.9 Å². The summed E-state index contributed by atoms with van der Waals surface area (Å²) in [5.74, 6) is 1.60. The second-order valence-corrected chi connectivity index (χ2v) is 4.34. The topological polar surface area (TPSA) is 34.2 Å². The van der Waals surface area contributed by atoms with E-state index in [9.17, 15) is 0 Å². The van der Waals surface area contributed by atoms with Crippen molar-refractivity contribution in [3.8, 4) is 11.5 Å². The first-order chi connectivity index (χ1) is 8.90. The van der Waals surface area contributed by atoms with Crippen LogP contribution in [0.15, 0.2) is 54.7 Å². The Kier molecular flexibility index (Phi) is 1.91. The predicted molar refractivity (Wildman–Crippen MR) is 71.4 cm³/mol. The van der Waals surface area contributed by atoms with Crippen LogP contribution in [0, 0.1) is 0 Å². The monoisotopic (exact) mass is 235 g/mol. The highest BCUT2D eigenvalue weighted by atomic mass is 16.6. The van der Waals surface area contributed by atoms with Gasteiger partial charge in [-0.25, -0.2) is 0 Å². The average Bonchev–Trinajstić information content (AvgIpc) is 3.04. The molecule has 86 valence electrons. The molecule has 0 saturated carbocycles. The molecule has 0 aliphatic carbocycles. The summed E-state index contributed by atoms with van der Waals surface area (Å²) in [4.78, 5) is 3.19. The smallest absolute Gasteiger partial charge is 0.519 e. The molecular weight excluding hydrogens is 225 g/mol. The Morgan fingerprint density at radius 2 is 1.67 bits per heavy atom. The van der Waals surface area contributed by atoms with E-state index in [1.807, 2.05) is 42.6 Å². The van der Waals surface area contributed by atoms with Gasteiger partial charge in [0.2, 0.25) is 0 Å². The van der Waals surface area contributed by atoms with Gasteiger partial charge in [-0.1, -0.05) is 24.3 Å². The van der Waals surface area contributed by atoms with E-state index in [-0.39, 0.29) is 7.12 Å². The van der Waals surface area contributed by atoms with E-state index in [4.69, 9.17) is 9.31 Å². The number of hydrogen-bond donors (Lipinski definition) is 1. The maximum absolute atomic E-state index is 5.78. The number of aromatic amines is 1. The quantitative estimate of drug-likeness (QED) is 0.657. The summed E-state index contributed by atoms with van der Waals surface area (Å²) in [5.41, 5.74) is 2.11. The summed E-state index contributed by atoms with van der Waals surface area (Å²) in [5, 5.41) is 1.19. The fraction of sp³-hybridized carbons (Fsp3) is 0. The van der Waals surface area contributed by atoms with Gasteiger partial charge in [0.05, 0.1) is 0 Å². The minimum Gasteiger partial charge on any atom is -0.519 e. The van der Waals surface area contributed by atoms with Crippen LogP contribution >= 0.6 is 0 Å². The van der Waals surface area contributed by atoms with Crippen molar-refractivity contribution in [3.63, 3.8) is 0 Å². The molecule has 0 atom stereocenters. The minimum absolute atomic E-state index is 0.352. The first kappa shape index (κ1) is 9.65. The van der Waals surface area contributed by atoms with Crippen LogP contribution in [0.1, 0.15) is 0 Å². The summed E-state index contributed by atoms with van der Waals surface area (Å²) >= 11 is 0. The lowest BCUT2D eigenvalue weighted by Gasteiger charge is -2.04. The van der Waals surface area contributed by atoms with E-state index in [0.717, 1.165) is 22.5 Å². The van der Waals surface area contributed by atoms with E-state index in [1.165, 1.54) is 5.39 Å². The van der Waals surface area contributed by atoms with E-state index in [0.29, 0.717) is 0 Å². The Morgan fingerprint density at radius 3 is 2.44 bits per heavy atom. The maximum Gasteiger partial charge on any atom is 0.632 e. The van der Waals surface area contributed by atoms with Crippen molar-refractivity contribution >= 4 is 23.5 Å². The number of para-hydroxylation sites is 2. The fourth-order valence-electron chi connectivity index (χ4n) is 2.25. The molecule has 1 N–H and O–H groups in total. The molecular formula is C14H10BNO2. The molecule has 3 aromatic rings. The molecule has 2 heterocycles. The lowest BCUT2D eigenvalue weighted by Crippen LogP contribution is -2.38. The molecule has 0 radical (unpaired) electrons. The molecule has 0 saturated heterocycles. The molecule has 3 nitrogen and oxygen atoms in total. The lowest BCUT2D eigenvalue weighted by atomic mass is 9.79. The van der Waals surface area contributed by atoms with Crippen molar-refractivity contribution in [1.29, 1.82) is 0 Å². The van der Waals surface area contributed by atoms with Gasteiger partial charge < -0.3 is 14.3 Å². The van der Waals surface area contributed by atoms with Gasteiger partial charge in [-0.05, 0) is 29.7 Å². The number of hydrogen-bond acceptors (Lipinski definition) is 2. The highest BCUT2D eigenvalue weighted by Crippen LogP contribution is 2.32. The van der Waals surface area contributed by atoms with E-state index < -0.39 is 0 Å². The Hall–Kier alpha value is -2.36. The molecule has 18 heavy (non-hydrogen) atoms. The van der Waals surface area contributed by atoms with Crippen molar-refractivity contribution in [1.82, 2.24) is 4.98 Å². The number of H-pyrrole nitrogens is 1. The number of fused-ring (bicyclic) bond motifs is 2. The van der Waals surface area contributed by atoms with Crippen molar-refractivity contribution in [2.24, 2.45) is 0 Å². The summed E-state index contributed by atoms with van der Waals surface area (Å²) in [6.07, 6.45) is 1.93. The van der Waals surface area contributed by atoms with Crippen LogP contribution in [0.3, 0.4) is 0 Å². The van der Waals surface area contributed by atoms with Crippen LogP contribution in [0.2, 0.25) is 0 Å². The third-order valence-electron chi connectivity index (χ3n) is 3.17. The third kappa shape index (κ3) is 1.39. The number of aromatic nitrogens is 1. The first-order valence-electron chi connectivity index (χ1n) is 5.89. The third-order valence-corrected chi connectivity index (χ3v) is 3.17. The Morgan fingerprint density at radius 1 is 0.889 bits per heavy atom. The van der Waals surface area contributed by atoms with Crippen LogP contribution in [-0.2, 0) is 0 Å². The zero-order valence-corrected chi connectivity index (χ0v) is 9.59. The molecule has 0 unspecified atom stereocenters. The van der Waals surface area contributed by atoms with Gasteiger partial charge in [-0.15, -0.1) is 0 Å². The van der Waals surface area contributed by atoms with Gasteiger partial charge in [0.25, 0.3) is 0 Å². The van der Waals surface area contributed by atoms with Crippen LogP contribution in [-0.4, -0.2) is 12.1 Å². The lowest BCUT2D eigenvalue weighted by molar-refractivity contribution is 0.519. The second-order valence-electron chi connectivity index (χ2n) is 4.34. The molecule has 2 aromatic carbocycles. The van der Waals surface area contributed by atoms with Crippen molar-refractivity contribution in [2.75, 3.05) is 0 Å². The highest BCUT2D eigenvalue weighted by Gasteiger charge is 2.33. The zero-order valence-electron chi connectivity index (χ0n) is 9.59. The summed E-state index contributed by atoms with van der Waals surface area (Å²) in [7, 11) is -0.352. The fourth-order valence-corrected chi connectivity index (χ4v) is 2.25. The van der Waals surface area contributed by atoms with Gasteiger partial charge in [-0.3, -0.25) is 0 Å². The molecule has 1 aromatic heterocycles. The molecule has 4 rings (SSSR count). The van der Waals surface area contributed by atoms with Crippen LogP contribution in [0.5, 0.6) is 11.5 Å². The van der Waals surface area contributed by atoms with E-state index in [2.05, 4.69) is 17.1 Å². The largest absolute Gasteiger partial charge is 0.632 e. The van der Waals surface area contributed by atoms with Crippen molar-refractivity contribution in [2.45, 2.75) is 0 Å². The van der Waals surface area contributed by atoms with E-state index >= 15 is 0 Å². The van der Waals surface area contributed by atoms with Gasteiger partial charge in [0.1, 0.15) is 11.5 Å². The number of nitrogens with one attached hydrogen (secondary N) is 1. The summed E-state index contributed by atoms with van der Waals surface area (Å²) in [6.45, 7) is 0. The summed E-state index contributed by atoms with van der Waals surface area (Å²) in [6, 6.07) is 15.9. The standard InChI is InChI=1S/C14H10BNO2/c1-2-4-14-13(3-1)17-15(18-14)11-6-5-10-7-8-16-12(10)9-11/h1-9,16H. The molecule has 0 bridgehead atoms. The molecule has 1 aliphatic rings. The predicted octanol–water partition coefficient (Wildman–Crippen LogP) is 2.33. The van der Waals surface area contributed by atoms with Gasteiger partial charge in [0, 0.05) is 17.2 Å². The van der Waals surface area contributed by atoms with Gasteiger partial charge in [0.15, 0.2) is 0 Å². The second kappa shape index (κ2) is 3.57. The molecule has 1 aliphatic heterocycles. The van der Waals surface area contributed by atoms with Crippen molar-refractivity contribution in [3.05, 3.63) is 54.7 Å². The van der Waals surface area contributed by atoms with Gasteiger partial charge >= 0.3 is 7.12 Å². The number of rotatable bonds is 1.